The van der Waals surface area contributed by atoms with Crippen LogP contribution < -0.4 is 0 Å². The minimum Gasteiger partial charge on any atom is -0.325 e. The van der Waals surface area contributed by atoms with Gasteiger partial charge in [0.05, 0.1) is 4.83 Å². The molecule has 2 heterocycles. The minimum absolute atomic E-state index is 0.0933. The van der Waals surface area contributed by atoms with Crippen molar-refractivity contribution in [2.24, 2.45) is 0 Å². The normalized spacial score (nSPS) is 31.0. The summed E-state index contributed by atoms with van der Waals surface area (Å²) < 4.78 is -0.424. The molecule has 5 heteroatoms. The first-order valence-electron chi connectivity index (χ1n) is 4.57. The van der Waals surface area contributed by atoms with Crippen LogP contribution in [0.15, 0.2) is 24.5 Å². The van der Waals surface area contributed by atoms with Gasteiger partial charge in [-0.1, -0.05) is 37.9 Å². The molecule has 1 aliphatic heterocycles. The van der Waals surface area contributed by atoms with Crippen LogP contribution in [0.5, 0.6) is 0 Å². The van der Waals surface area contributed by atoms with Crippen molar-refractivity contribution in [3.63, 3.8) is 0 Å². The number of hydrogen-bond acceptors (Lipinski definition) is 2. The van der Waals surface area contributed by atoms with Crippen molar-refractivity contribution in [3.05, 3.63) is 30.1 Å². The first-order valence-corrected chi connectivity index (χ1v) is 6.28. The van der Waals surface area contributed by atoms with Gasteiger partial charge in [-0.2, -0.15) is 0 Å². The van der Waals surface area contributed by atoms with Gasteiger partial charge in [-0.3, -0.25) is 9.78 Å². The third kappa shape index (κ3) is 1.72. The summed E-state index contributed by atoms with van der Waals surface area (Å²) in [4.78, 5) is 17.4. The molecule has 15 heavy (non-hydrogen) atoms. The van der Waals surface area contributed by atoms with Crippen molar-refractivity contribution in [1.29, 1.82) is 0 Å². The fraction of sp³-hybridized carbons (Fsp3) is 0.400. The number of aromatic nitrogens is 1. The van der Waals surface area contributed by atoms with E-state index in [4.69, 9.17) is 0 Å². The molecule has 1 aromatic rings. The Morgan fingerprint density at radius 1 is 1.67 bits per heavy atom. The molecule has 2 unspecified atom stereocenters. The van der Waals surface area contributed by atoms with Gasteiger partial charge >= 0.3 is 0 Å². The molecule has 0 radical (unpaired) electrons. The van der Waals surface area contributed by atoms with Crippen LogP contribution in [-0.2, 0) is 9.24 Å². The van der Waals surface area contributed by atoms with Gasteiger partial charge in [-0.05, 0) is 6.07 Å². The molecule has 0 N–H and O–H groups in total. The summed E-state index contributed by atoms with van der Waals surface area (Å²) in [6.07, 6.45) is 4.21. The zero-order valence-electron chi connectivity index (χ0n) is 8.15. The molecule has 1 amide bonds. The first-order chi connectivity index (χ1) is 7.05. The molecule has 3 nitrogen and oxygen atoms in total. The van der Waals surface area contributed by atoms with Crippen LogP contribution >= 0.6 is 31.9 Å². The average molecular weight is 334 g/mol. The second kappa shape index (κ2) is 3.87. The zero-order valence-corrected chi connectivity index (χ0v) is 11.3. The zero-order chi connectivity index (χ0) is 11.1. The molecule has 1 fully saturated rings. The predicted molar refractivity (Wildman–Crippen MR) is 64.9 cm³/mol. The van der Waals surface area contributed by atoms with E-state index >= 15 is 0 Å². The summed E-state index contributed by atoms with van der Waals surface area (Å²) in [6, 6.07) is 3.84. The van der Waals surface area contributed by atoms with Gasteiger partial charge in [0.25, 0.3) is 0 Å². The SMILES string of the molecule is CN1C(=O)C(Br)CC1(Br)c1cccnc1. The van der Waals surface area contributed by atoms with Crippen molar-refractivity contribution in [1.82, 2.24) is 9.88 Å². The topological polar surface area (TPSA) is 33.2 Å². The molecule has 0 aliphatic carbocycles. The summed E-state index contributed by atoms with van der Waals surface area (Å²) >= 11 is 7.01. The summed E-state index contributed by atoms with van der Waals surface area (Å²) in [5.41, 5.74) is 1.00. The Kier molecular flexibility index (Phi) is 2.85. The van der Waals surface area contributed by atoms with Gasteiger partial charge in [0.2, 0.25) is 5.91 Å². The second-order valence-corrected chi connectivity index (χ2v) is 5.99. The molecule has 0 bridgehead atoms. The summed E-state index contributed by atoms with van der Waals surface area (Å²) in [5.74, 6) is 0.0933. The van der Waals surface area contributed by atoms with E-state index in [-0.39, 0.29) is 10.7 Å². The van der Waals surface area contributed by atoms with Crippen molar-refractivity contribution in [3.8, 4) is 0 Å². The minimum atomic E-state index is -0.424. The lowest BCUT2D eigenvalue weighted by Crippen LogP contribution is -2.35. The van der Waals surface area contributed by atoms with Crippen LogP contribution in [0.25, 0.3) is 0 Å². The highest BCUT2D eigenvalue weighted by atomic mass is 79.9. The number of alkyl halides is 2. The highest BCUT2D eigenvalue weighted by Crippen LogP contribution is 2.45. The molecule has 0 aromatic carbocycles. The van der Waals surface area contributed by atoms with Crippen LogP contribution in [0, 0.1) is 0 Å². The van der Waals surface area contributed by atoms with Crippen LogP contribution in [-0.4, -0.2) is 27.7 Å². The number of rotatable bonds is 1. The van der Waals surface area contributed by atoms with Crippen molar-refractivity contribution in [2.45, 2.75) is 15.7 Å². The van der Waals surface area contributed by atoms with Crippen LogP contribution in [0.2, 0.25) is 0 Å². The Morgan fingerprint density at radius 3 is 2.87 bits per heavy atom. The van der Waals surface area contributed by atoms with Gasteiger partial charge in [0.1, 0.15) is 4.45 Å². The molecular formula is C10H10Br2N2O. The van der Waals surface area contributed by atoms with E-state index in [1.807, 2.05) is 12.1 Å². The third-order valence-electron chi connectivity index (χ3n) is 2.68. The highest BCUT2D eigenvalue weighted by Gasteiger charge is 2.47. The lowest BCUT2D eigenvalue weighted by molar-refractivity contribution is -0.127. The Balaban J connectivity index is 2.40. The van der Waals surface area contributed by atoms with Gasteiger partial charge in [-0.25, -0.2) is 0 Å². The van der Waals surface area contributed by atoms with E-state index in [0.717, 1.165) is 5.56 Å². The van der Waals surface area contributed by atoms with Gasteiger partial charge in [0.15, 0.2) is 0 Å². The molecule has 1 aromatic heterocycles. The maximum atomic E-state index is 11.7. The standard InChI is InChI=1S/C10H10Br2N2O/c1-14-9(15)8(11)5-10(14,12)7-3-2-4-13-6-7/h2-4,6,8H,5H2,1H3. The molecule has 0 saturated carbocycles. The fourth-order valence-electron chi connectivity index (χ4n) is 1.75. The van der Waals surface area contributed by atoms with E-state index in [2.05, 4.69) is 36.8 Å². The van der Waals surface area contributed by atoms with Crippen LogP contribution in [0.1, 0.15) is 12.0 Å². The maximum Gasteiger partial charge on any atom is 0.237 e. The van der Waals surface area contributed by atoms with Gasteiger partial charge < -0.3 is 4.90 Å². The number of hydrogen-bond donors (Lipinski definition) is 0. The van der Waals surface area contributed by atoms with E-state index in [9.17, 15) is 4.79 Å². The Morgan fingerprint density at radius 2 is 2.40 bits per heavy atom. The Hall–Kier alpha value is -0.420. The predicted octanol–water partition coefficient (Wildman–Crippen LogP) is 2.25. The van der Waals surface area contributed by atoms with Crippen LogP contribution in [0.4, 0.5) is 0 Å². The molecule has 1 saturated heterocycles. The molecule has 80 valence electrons. The smallest absolute Gasteiger partial charge is 0.237 e. The average Bonchev–Trinajstić information content (AvgIpc) is 2.45. The number of nitrogens with zero attached hydrogens (tertiary/aromatic N) is 2. The number of carbonyl (C=O) groups is 1. The molecule has 2 rings (SSSR count). The number of carbonyl (C=O) groups excluding carboxylic acids is 1. The number of amides is 1. The highest BCUT2D eigenvalue weighted by molar-refractivity contribution is 9.10. The monoisotopic (exact) mass is 332 g/mol. The maximum absolute atomic E-state index is 11.7. The van der Waals surface area contributed by atoms with Gasteiger partial charge in [0, 0.05) is 31.4 Å². The van der Waals surface area contributed by atoms with Crippen molar-refractivity contribution < 1.29 is 4.79 Å². The largest absolute Gasteiger partial charge is 0.325 e. The number of likely N-dealkylation sites (tertiary alicyclic amines) is 1. The van der Waals surface area contributed by atoms with Crippen LogP contribution in [0.3, 0.4) is 0 Å². The Labute approximate surface area is 105 Å². The van der Waals surface area contributed by atoms with E-state index in [1.165, 1.54) is 0 Å². The summed E-state index contributed by atoms with van der Waals surface area (Å²) in [6.45, 7) is 0. The summed E-state index contributed by atoms with van der Waals surface area (Å²) in [5, 5.41) is 0. The lowest BCUT2D eigenvalue weighted by Gasteiger charge is -2.29. The van der Waals surface area contributed by atoms with E-state index < -0.39 is 4.45 Å². The van der Waals surface area contributed by atoms with E-state index in [1.54, 1.807) is 24.3 Å². The quantitative estimate of drug-likeness (QED) is 0.583. The first kappa shape index (κ1) is 11.1. The van der Waals surface area contributed by atoms with E-state index in [0.29, 0.717) is 6.42 Å². The third-order valence-corrected chi connectivity index (χ3v) is 4.71. The number of pyridine rings is 1. The van der Waals surface area contributed by atoms with Crippen molar-refractivity contribution in [2.75, 3.05) is 7.05 Å². The van der Waals surface area contributed by atoms with Crippen molar-refractivity contribution >= 4 is 37.8 Å². The lowest BCUT2D eigenvalue weighted by atomic mass is 10.1. The Bertz CT molecular complexity index is 384. The molecule has 0 spiro atoms. The molecule has 2 atom stereocenters. The number of halogens is 2. The molecule has 1 aliphatic rings. The summed E-state index contributed by atoms with van der Waals surface area (Å²) in [7, 11) is 1.80. The molecular weight excluding hydrogens is 324 g/mol. The fourth-order valence-corrected chi connectivity index (χ4v) is 3.69. The second-order valence-electron chi connectivity index (χ2n) is 3.57. The van der Waals surface area contributed by atoms with Gasteiger partial charge in [-0.15, -0.1) is 0 Å².